The maximum atomic E-state index is 12.3. The Balaban J connectivity index is 4.39. The smallest absolute Gasteiger partial charge is 0.222 e. The van der Waals surface area contributed by atoms with Crippen LogP contribution in [0.15, 0.2) is 0 Å². The van der Waals surface area contributed by atoms with Gasteiger partial charge in [0.05, 0.1) is 159 Å². The lowest BCUT2D eigenvalue weighted by Gasteiger charge is -2.29. The number of alkyl halides is 3. The van der Waals surface area contributed by atoms with E-state index >= 15 is 0 Å². The van der Waals surface area contributed by atoms with Crippen molar-refractivity contribution in [3.8, 4) is 0 Å². The SMILES string of the molecule is CC(COCCC(=O)NCCOCCOCCOCCI)(COCCC(=O)NCCOCCOCCOCCI)COCCC(=O)NCCOCCOCCOCCI. The molecule has 0 fully saturated rings. The second-order valence-electron chi connectivity index (χ2n) is 12.8. The minimum Gasteiger partial charge on any atom is -0.380 e. The zero-order valence-corrected chi connectivity index (χ0v) is 41.6. The molecule has 0 rings (SSSR count). The van der Waals surface area contributed by atoms with E-state index in [-0.39, 0.29) is 76.6 Å². The summed E-state index contributed by atoms with van der Waals surface area (Å²) in [6.45, 7) is 13.6. The molecule has 350 valence electrons. The van der Waals surface area contributed by atoms with Gasteiger partial charge in [0.25, 0.3) is 0 Å². The number of carbonyl (C=O) groups excluding carboxylic acids is 3. The fraction of sp³-hybridized carbons (Fsp3) is 0.921. The Hall–Kier alpha value is 0.120. The van der Waals surface area contributed by atoms with Crippen LogP contribution in [0.4, 0.5) is 0 Å². The van der Waals surface area contributed by atoms with Crippen molar-refractivity contribution in [3.63, 3.8) is 0 Å². The third-order valence-electron chi connectivity index (χ3n) is 7.37. The zero-order valence-electron chi connectivity index (χ0n) is 35.1. The van der Waals surface area contributed by atoms with Gasteiger partial charge in [-0.2, -0.15) is 0 Å². The van der Waals surface area contributed by atoms with Crippen LogP contribution in [0.25, 0.3) is 0 Å². The molecule has 0 heterocycles. The standard InChI is InChI=1S/C38H72I3N3O15/c1-38(32-57-11-2-35(45)42-8-17-51-23-29-54-26-20-48-14-5-39,33-58-12-3-36(46)43-9-18-52-24-30-55-27-21-49-15-6-40)34-59-13-4-37(47)44-10-19-53-25-31-56-28-22-50-16-7-41/h2-34H2,1H3,(H,42,45)(H,43,46)(H,44,47). The van der Waals surface area contributed by atoms with Crippen molar-refractivity contribution >= 4 is 85.5 Å². The molecule has 59 heavy (non-hydrogen) atoms. The molecule has 3 amide bonds. The molecule has 0 spiro atoms. The highest BCUT2D eigenvalue weighted by Crippen LogP contribution is 2.19. The number of hydrogen-bond acceptors (Lipinski definition) is 15. The van der Waals surface area contributed by atoms with E-state index in [0.717, 1.165) is 13.3 Å². The van der Waals surface area contributed by atoms with Gasteiger partial charge in [-0.05, 0) is 0 Å². The number of amides is 3. The van der Waals surface area contributed by atoms with Gasteiger partial charge in [0.15, 0.2) is 0 Å². The van der Waals surface area contributed by atoms with Gasteiger partial charge >= 0.3 is 0 Å². The van der Waals surface area contributed by atoms with Crippen LogP contribution in [0.2, 0.25) is 0 Å². The first-order valence-corrected chi connectivity index (χ1v) is 24.9. The first-order chi connectivity index (χ1) is 28.9. The zero-order chi connectivity index (χ0) is 43.2. The molecule has 18 nitrogen and oxygen atoms in total. The molecule has 21 heteroatoms. The Bertz CT molecular complexity index is 842. The number of nitrogens with one attached hydrogen (secondary N) is 3. The molecule has 0 saturated heterocycles. The van der Waals surface area contributed by atoms with Gasteiger partial charge in [0.2, 0.25) is 17.7 Å². The van der Waals surface area contributed by atoms with Gasteiger partial charge in [0.1, 0.15) is 0 Å². The Labute approximate surface area is 393 Å². The average molecular weight is 1190 g/mol. The predicted molar refractivity (Wildman–Crippen MR) is 247 cm³/mol. The molecule has 0 aromatic carbocycles. The number of ether oxygens (including phenoxy) is 12. The van der Waals surface area contributed by atoms with E-state index in [1.54, 1.807) is 0 Å². The summed E-state index contributed by atoms with van der Waals surface area (Å²) in [6.07, 6.45) is 0.522. The molecule has 0 aliphatic heterocycles. The van der Waals surface area contributed by atoms with Gasteiger partial charge in [-0.1, -0.05) is 74.7 Å². The van der Waals surface area contributed by atoms with Crippen LogP contribution >= 0.6 is 67.8 Å². The molecule has 0 aromatic heterocycles. The number of halogens is 3. The fourth-order valence-corrected chi connectivity index (χ4v) is 5.35. The lowest BCUT2D eigenvalue weighted by atomic mass is 9.94. The molecule has 0 unspecified atom stereocenters. The monoisotopic (exact) mass is 1190 g/mol. The van der Waals surface area contributed by atoms with Crippen molar-refractivity contribution in [2.45, 2.75) is 26.2 Å². The van der Waals surface area contributed by atoms with Crippen molar-refractivity contribution < 1.29 is 71.2 Å². The third-order valence-corrected chi connectivity index (χ3v) is 8.70. The summed E-state index contributed by atoms with van der Waals surface area (Å²) in [5.41, 5.74) is -0.601. The van der Waals surface area contributed by atoms with E-state index in [0.29, 0.717) is 139 Å². The Morgan fingerprint density at radius 2 is 0.559 bits per heavy atom. The molecular formula is C38H72I3N3O15. The minimum absolute atomic E-state index is 0.152. The number of hydrogen-bond donors (Lipinski definition) is 3. The maximum absolute atomic E-state index is 12.3. The fourth-order valence-electron chi connectivity index (χ4n) is 4.42. The van der Waals surface area contributed by atoms with E-state index in [1.165, 1.54) is 0 Å². The second-order valence-corrected chi connectivity index (χ2v) is 16.1. The molecule has 0 aromatic rings. The van der Waals surface area contributed by atoms with Crippen molar-refractivity contribution in [2.24, 2.45) is 5.41 Å². The van der Waals surface area contributed by atoms with E-state index in [4.69, 9.17) is 56.8 Å². The Morgan fingerprint density at radius 1 is 0.339 bits per heavy atom. The Morgan fingerprint density at radius 3 is 0.797 bits per heavy atom. The first kappa shape index (κ1) is 59.1. The normalized spacial score (nSPS) is 11.6. The lowest BCUT2D eigenvalue weighted by molar-refractivity contribution is -0.123. The van der Waals surface area contributed by atoms with Crippen LogP contribution in [-0.4, -0.2) is 209 Å². The average Bonchev–Trinajstić information content (AvgIpc) is 3.23. The number of carbonyl (C=O) groups is 3. The quantitative estimate of drug-likeness (QED) is 0.0455. The highest BCUT2D eigenvalue weighted by Gasteiger charge is 2.26. The third kappa shape index (κ3) is 45.9. The Kier molecular flexibility index (Phi) is 47.7. The summed E-state index contributed by atoms with van der Waals surface area (Å²) in [6, 6.07) is 0. The molecular weight excluding hydrogens is 1120 g/mol. The predicted octanol–water partition coefficient (Wildman–Crippen LogP) is 2.02. The van der Waals surface area contributed by atoms with Crippen molar-refractivity contribution in [1.82, 2.24) is 16.0 Å². The van der Waals surface area contributed by atoms with E-state index in [1.807, 2.05) is 6.92 Å². The van der Waals surface area contributed by atoms with Gasteiger partial charge < -0.3 is 72.8 Å². The van der Waals surface area contributed by atoms with Crippen molar-refractivity contribution in [1.29, 1.82) is 0 Å². The molecule has 0 radical (unpaired) electrons. The number of rotatable bonds is 48. The minimum atomic E-state index is -0.601. The first-order valence-electron chi connectivity index (χ1n) is 20.3. The van der Waals surface area contributed by atoms with Crippen molar-refractivity contribution in [3.05, 3.63) is 0 Å². The van der Waals surface area contributed by atoms with Crippen LogP contribution in [0.5, 0.6) is 0 Å². The highest BCUT2D eigenvalue weighted by atomic mass is 127. The summed E-state index contributed by atoms with van der Waals surface area (Å²) in [5.74, 6) is -0.455. The van der Waals surface area contributed by atoms with Crippen LogP contribution in [-0.2, 0) is 71.2 Å². The second kappa shape index (κ2) is 47.6. The van der Waals surface area contributed by atoms with Crippen LogP contribution < -0.4 is 16.0 Å². The van der Waals surface area contributed by atoms with E-state index in [2.05, 4.69) is 83.7 Å². The molecule has 0 saturated carbocycles. The van der Waals surface area contributed by atoms with Gasteiger partial charge in [0, 0.05) is 57.6 Å². The van der Waals surface area contributed by atoms with Gasteiger partial charge in [-0.25, -0.2) is 0 Å². The van der Waals surface area contributed by atoms with Gasteiger partial charge in [-0.15, -0.1) is 0 Å². The van der Waals surface area contributed by atoms with Crippen molar-refractivity contribution in [2.75, 3.05) is 191 Å². The van der Waals surface area contributed by atoms with Crippen LogP contribution in [0.1, 0.15) is 26.2 Å². The molecule has 0 aliphatic carbocycles. The summed E-state index contributed by atoms with van der Waals surface area (Å²) >= 11 is 6.77. The largest absolute Gasteiger partial charge is 0.380 e. The molecule has 0 aliphatic rings. The summed E-state index contributed by atoms with van der Waals surface area (Å²) in [4.78, 5) is 37.0. The van der Waals surface area contributed by atoms with Crippen LogP contribution in [0, 0.1) is 5.41 Å². The maximum Gasteiger partial charge on any atom is 0.222 e. The van der Waals surface area contributed by atoms with Gasteiger partial charge in [-0.3, -0.25) is 14.4 Å². The summed E-state index contributed by atoms with van der Waals surface area (Å²) in [5, 5.41) is 8.46. The highest BCUT2D eigenvalue weighted by molar-refractivity contribution is 14.1. The molecule has 0 atom stereocenters. The summed E-state index contributed by atoms with van der Waals surface area (Å²) in [7, 11) is 0. The summed E-state index contributed by atoms with van der Waals surface area (Å²) < 4.78 is 69.3. The molecule has 0 bridgehead atoms. The van der Waals surface area contributed by atoms with E-state index in [9.17, 15) is 14.4 Å². The lowest BCUT2D eigenvalue weighted by Crippen LogP contribution is -2.36. The molecule has 3 N–H and O–H groups in total. The van der Waals surface area contributed by atoms with E-state index < -0.39 is 5.41 Å². The topological polar surface area (TPSA) is 198 Å². The van der Waals surface area contributed by atoms with Crippen LogP contribution in [0.3, 0.4) is 0 Å².